The summed E-state index contributed by atoms with van der Waals surface area (Å²) in [4.78, 5) is 2.34. The first-order chi connectivity index (χ1) is 11.7. The van der Waals surface area contributed by atoms with E-state index < -0.39 is 5.60 Å². The van der Waals surface area contributed by atoms with E-state index in [2.05, 4.69) is 30.6 Å². The number of nitrogens with zero attached hydrogens (tertiary/aromatic N) is 1. The van der Waals surface area contributed by atoms with Gasteiger partial charge in [0.15, 0.2) is 5.60 Å². The van der Waals surface area contributed by atoms with Gasteiger partial charge < -0.3 is 5.11 Å². The van der Waals surface area contributed by atoms with Crippen molar-refractivity contribution in [3.05, 3.63) is 71.8 Å². The van der Waals surface area contributed by atoms with Crippen LogP contribution in [0, 0.1) is 11.8 Å². The second-order valence-electron chi connectivity index (χ2n) is 6.02. The minimum absolute atomic E-state index is 0.684. The van der Waals surface area contributed by atoms with E-state index in [1.54, 1.807) is 0 Å². The third-order valence-electron chi connectivity index (χ3n) is 4.03. The fourth-order valence-corrected chi connectivity index (χ4v) is 2.85. The summed E-state index contributed by atoms with van der Waals surface area (Å²) < 4.78 is 0. The molecule has 0 aromatic heterocycles. The fraction of sp³-hybridized carbons (Fsp3) is 0.364. The predicted molar refractivity (Wildman–Crippen MR) is 101 cm³/mol. The summed E-state index contributed by atoms with van der Waals surface area (Å²) in [5, 5.41) is 11.3. The summed E-state index contributed by atoms with van der Waals surface area (Å²) in [6, 6.07) is 19.4. The molecule has 0 amide bonds. The number of rotatable bonds is 7. The highest BCUT2D eigenvalue weighted by molar-refractivity contribution is 5.44. The molecule has 0 heterocycles. The maximum atomic E-state index is 11.3. The van der Waals surface area contributed by atoms with E-state index in [4.69, 9.17) is 0 Å². The van der Waals surface area contributed by atoms with Crippen LogP contribution in [0.5, 0.6) is 0 Å². The van der Waals surface area contributed by atoms with Crippen LogP contribution < -0.4 is 0 Å². The molecule has 0 aliphatic rings. The monoisotopic (exact) mass is 321 g/mol. The molecule has 2 rings (SSSR count). The van der Waals surface area contributed by atoms with Crippen molar-refractivity contribution >= 4 is 0 Å². The molecule has 2 nitrogen and oxygen atoms in total. The van der Waals surface area contributed by atoms with Crippen LogP contribution in [0.4, 0.5) is 0 Å². The first kappa shape index (κ1) is 18.3. The molecule has 2 aromatic rings. The van der Waals surface area contributed by atoms with Gasteiger partial charge in [-0.05, 0) is 25.9 Å². The van der Waals surface area contributed by atoms with Gasteiger partial charge in [0.25, 0.3) is 0 Å². The topological polar surface area (TPSA) is 23.5 Å². The van der Waals surface area contributed by atoms with Crippen LogP contribution in [0.2, 0.25) is 0 Å². The highest BCUT2D eigenvalue weighted by Gasteiger charge is 2.28. The van der Waals surface area contributed by atoms with Gasteiger partial charge in [-0.25, -0.2) is 0 Å². The Bertz CT molecular complexity index is 609. The van der Waals surface area contributed by atoms with Crippen molar-refractivity contribution in [2.24, 2.45) is 0 Å². The van der Waals surface area contributed by atoms with Gasteiger partial charge >= 0.3 is 0 Å². The molecule has 0 saturated carbocycles. The van der Waals surface area contributed by atoms with Crippen molar-refractivity contribution in [2.75, 3.05) is 19.6 Å². The van der Waals surface area contributed by atoms with Crippen LogP contribution in [0.25, 0.3) is 0 Å². The van der Waals surface area contributed by atoms with E-state index in [1.807, 2.05) is 60.7 Å². The maximum Gasteiger partial charge on any atom is 0.176 e. The third kappa shape index (κ3) is 4.71. The van der Waals surface area contributed by atoms with E-state index in [1.165, 1.54) is 0 Å². The summed E-state index contributed by atoms with van der Waals surface area (Å²) in [6.07, 6.45) is 2.23. The largest absolute Gasteiger partial charge is 0.369 e. The van der Waals surface area contributed by atoms with E-state index in [-0.39, 0.29) is 0 Å². The van der Waals surface area contributed by atoms with Crippen molar-refractivity contribution in [3.8, 4) is 11.8 Å². The number of benzene rings is 2. The van der Waals surface area contributed by atoms with Gasteiger partial charge in [0.2, 0.25) is 0 Å². The molecule has 126 valence electrons. The standard InChI is InChI=1S/C22H27NO/c1-3-17-23(18-4-2)19-11-16-22(24,20-12-7-5-8-13-20)21-14-9-6-10-15-21/h5-10,12-15,24H,3-4,17-19H2,1-2H3. The Balaban J connectivity index is 2.30. The highest BCUT2D eigenvalue weighted by atomic mass is 16.3. The van der Waals surface area contributed by atoms with Crippen LogP contribution in [-0.4, -0.2) is 29.6 Å². The van der Waals surface area contributed by atoms with Crippen LogP contribution >= 0.6 is 0 Å². The molecule has 0 aliphatic heterocycles. The van der Waals surface area contributed by atoms with Gasteiger partial charge in [0, 0.05) is 11.1 Å². The van der Waals surface area contributed by atoms with E-state index in [0.717, 1.165) is 37.1 Å². The van der Waals surface area contributed by atoms with Gasteiger partial charge in [-0.2, -0.15) is 0 Å². The summed E-state index contributed by atoms with van der Waals surface area (Å²) in [6.45, 7) is 7.12. The molecular formula is C22H27NO. The molecule has 0 radical (unpaired) electrons. The Morgan fingerprint density at radius 1 is 0.833 bits per heavy atom. The lowest BCUT2D eigenvalue weighted by molar-refractivity contribution is 0.145. The first-order valence-electron chi connectivity index (χ1n) is 8.76. The lowest BCUT2D eigenvalue weighted by Crippen LogP contribution is -2.28. The van der Waals surface area contributed by atoms with Crippen LogP contribution in [0.1, 0.15) is 37.8 Å². The van der Waals surface area contributed by atoms with E-state index in [0.29, 0.717) is 6.54 Å². The van der Waals surface area contributed by atoms with Gasteiger partial charge in [0.1, 0.15) is 0 Å². The van der Waals surface area contributed by atoms with E-state index >= 15 is 0 Å². The summed E-state index contributed by atoms with van der Waals surface area (Å²) >= 11 is 0. The van der Waals surface area contributed by atoms with Crippen molar-refractivity contribution in [1.29, 1.82) is 0 Å². The van der Waals surface area contributed by atoms with E-state index in [9.17, 15) is 5.11 Å². The molecule has 2 heteroatoms. The Labute approximate surface area is 146 Å². The summed E-state index contributed by atoms with van der Waals surface area (Å²) in [5.41, 5.74) is 0.342. The smallest absolute Gasteiger partial charge is 0.176 e. The number of hydrogen-bond donors (Lipinski definition) is 1. The Morgan fingerprint density at radius 3 is 1.71 bits per heavy atom. The minimum atomic E-state index is -1.27. The molecule has 0 bridgehead atoms. The maximum absolute atomic E-state index is 11.3. The highest BCUT2D eigenvalue weighted by Crippen LogP contribution is 2.28. The van der Waals surface area contributed by atoms with Gasteiger partial charge in [-0.15, -0.1) is 0 Å². The zero-order valence-corrected chi connectivity index (χ0v) is 14.7. The predicted octanol–water partition coefficient (Wildman–Crippen LogP) is 4.05. The molecule has 1 N–H and O–H groups in total. The molecular weight excluding hydrogens is 294 g/mol. The van der Waals surface area contributed by atoms with Gasteiger partial charge in [0.05, 0.1) is 6.54 Å². The quantitative estimate of drug-likeness (QED) is 0.778. The van der Waals surface area contributed by atoms with Crippen LogP contribution in [-0.2, 0) is 5.60 Å². The molecule has 0 fully saturated rings. The molecule has 0 spiro atoms. The second-order valence-corrected chi connectivity index (χ2v) is 6.02. The SMILES string of the molecule is CCCN(CC#CC(O)(c1ccccc1)c1ccccc1)CCC. The van der Waals surface area contributed by atoms with Crippen molar-refractivity contribution in [3.63, 3.8) is 0 Å². The van der Waals surface area contributed by atoms with Gasteiger partial charge in [-0.1, -0.05) is 86.4 Å². The van der Waals surface area contributed by atoms with Crippen molar-refractivity contribution in [2.45, 2.75) is 32.3 Å². The fourth-order valence-electron chi connectivity index (χ4n) is 2.85. The number of hydrogen-bond acceptors (Lipinski definition) is 2. The second kappa shape index (κ2) is 9.27. The zero-order valence-electron chi connectivity index (χ0n) is 14.7. The van der Waals surface area contributed by atoms with Crippen molar-refractivity contribution in [1.82, 2.24) is 4.90 Å². The normalized spacial score (nSPS) is 11.2. The average Bonchev–Trinajstić information content (AvgIpc) is 2.63. The lowest BCUT2D eigenvalue weighted by Gasteiger charge is -2.24. The van der Waals surface area contributed by atoms with Crippen molar-refractivity contribution < 1.29 is 5.11 Å². The summed E-state index contributed by atoms with van der Waals surface area (Å²) in [5.74, 6) is 6.36. The third-order valence-corrected chi connectivity index (χ3v) is 4.03. The molecule has 0 atom stereocenters. The Hall–Kier alpha value is -2.08. The lowest BCUT2D eigenvalue weighted by atomic mass is 9.87. The molecule has 0 aliphatic carbocycles. The summed E-state index contributed by atoms with van der Waals surface area (Å²) in [7, 11) is 0. The van der Waals surface area contributed by atoms with Crippen LogP contribution in [0.15, 0.2) is 60.7 Å². The molecule has 0 saturated heterocycles. The Morgan fingerprint density at radius 2 is 1.29 bits per heavy atom. The minimum Gasteiger partial charge on any atom is -0.369 e. The molecule has 24 heavy (non-hydrogen) atoms. The Kier molecular flexibility index (Phi) is 7.06. The molecule has 2 aromatic carbocycles. The van der Waals surface area contributed by atoms with Crippen LogP contribution in [0.3, 0.4) is 0 Å². The van der Waals surface area contributed by atoms with Gasteiger partial charge in [-0.3, -0.25) is 4.90 Å². The first-order valence-corrected chi connectivity index (χ1v) is 8.76. The molecule has 0 unspecified atom stereocenters. The zero-order chi connectivity index (χ0) is 17.3. The number of aliphatic hydroxyl groups is 1. The average molecular weight is 321 g/mol.